The summed E-state index contributed by atoms with van der Waals surface area (Å²) in [6.07, 6.45) is 2.19. The minimum absolute atomic E-state index is 0.325. The van der Waals surface area contributed by atoms with E-state index in [0.29, 0.717) is 11.7 Å². The molecule has 4 heteroatoms. The molecule has 0 bridgehead atoms. The number of hydrogen-bond donors (Lipinski definition) is 1. The van der Waals surface area contributed by atoms with E-state index in [1.54, 1.807) is 19.2 Å². The van der Waals surface area contributed by atoms with Crippen molar-refractivity contribution < 1.29 is 9.84 Å². The molecular weight excluding hydrogens is 276 g/mol. The van der Waals surface area contributed by atoms with Crippen LogP contribution in [0.15, 0.2) is 36.4 Å². The van der Waals surface area contributed by atoms with Crippen LogP contribution >= 0.6 is 0 Å². The highest BCUT2D eigenvalue weighted by Gasteiger charge is 2.25. The van der Waals surface area contributed by atoms with Gasteiger partial charge in [-0.1, -0.05) is 12.1 Å². The van der Waals surface area contributed by atoms with Gasteiger partial charge in [0.15, 0.2) is 11.6 Å². The van der Waals surface area contributed by atoms with E-state index in [2.05, 4.69) is 9.88 Å². The second kappa shape index (κ2) is 6.26. The Bertz CT molecular complexity index is 640. The lowest BCUT2D eigenvalue weighted by Gasteiger charge is -2.20. The number of rotatable bonds is 4. The Hall–Kier alpha value is -2.23. The smallest absolute Gasteiger partial charge is 0.171 e. The molecule has 4 nitrogen and oxygen atoms in total. The molecular formula is C18H22N2O2. The fourth-order valence-corrected chi connectivity index (χ4v) is 3.07. The van der Waals surface area contributed by atoms with Gasteiger partial charge in [-0.15, -0.1) is 0 Å². The number of nitrogens with zero attached hydrogens (tertiary/aromatic N) is 2. The number of pyridine rings is 1. The van der Waals surface area contributed by atoms with E-state index in [9.17, 15) is 5.11 Å². The summed E-state index contributed by atoms with van der Waals surface area (Å²) in [5, 5.41) is 9.36. The molecule has 3 rings (SSSR count). The fourth-order valence-electron chi connectivity index (χ4n) is 3.07. The Balaban J connectivity index is 1.69. The molecule has 1 aromatic carbocycles. The zero-order valence-electron chi connectivity index (χ0n) is 13.1. The SMILES string of the molecule is COc1ccc(C)nc1N1CCC(Cc2ccc(O)cc2)C1. The van der Waals surface area contributed by atoms with Crippen LogP contribution in [0.3, 0.4) is 0 Å². The van der Waals surface area contributed by atoms with Crippen molar-refractivity contribution >= 4 is 5.82 Å². The van der Waals surface area contributed by atoms with Gasteiger partial charge in [0, 0.05) is 18.8 Å². The van der Waals surface area contributed by atoms with Gasteiger partial charge in [0.1, 0.15) is 5.75 Å². The lowest BCUT2D eigenvalue weighted by Crippen LogP contribution is -2.22. The molecule has 1 atom stereocenters. The van der Waals surface area contributed by atoms with E-state index in [4.69, 9.17) is 4.74 Å². The normalized spacial score (nSPS) is 17.7. The number of anilines is 1. The van der Waals surface area contributed by atoms with Crippen molar-refractivity contribution in [3.63, 3.8) is 0 Å². The third-order valence-electron chi connectivity index (χ3n) is 4.24. The van der Waals surface area contributed by atoms with Crippen molar-refractivity contribution in [2.75, 3.05) is 25.1 Å². The molecule has 0 amide bonds. The van der Waals surface area contributed by atoms with Gasteiger partial charge in [-0.3, -0.25) is 0 Å². The van der Waals surface area contributed by atoms with E-state index in [-0.39, 0.29) is 0 Å². The Morgan fingerprint density at radius 2 is 2.00 bits per heavy atom. The summed E-state index contributed by atoms with van der Waals surface area (Å²) < 4.78 is 5.45. The van der Waals surface area contributed by atoms with E-state index in [1.165, 1.54) is 5.56 Å². The molecule has 1 unspecified atom stereocenters. The molecule has 0 aliphatic carbocycles. The molecule has 2 heterocycles. The Kier molecular flexibility index (Phi) is 4.18. The highest BCUT2D eigenvalue weighted by Crippen LogP contribution is 2.31. The lowest BCUT2D eigenvalue weighted by atomic mass is 9.99. The number of ether oxygens (including phenoxy) is 1. The average Bonchev–Trinajstić information content (AvgIpc) is 2.98. The standard InChI is InChI=1S/C18H22N2O2/c1-13-3-8-17(22-2)18(19-13)20-10-9-15(12-20)11-14-4-6-16(21)7-5-14/h3-8,15,21H,9-12H2,1-2H3. The summed E-state index contributed by atoms with van der Waals surface area (Å²) in [6.45, 7) is 4.01. The number of phenols is 1. The first kappa shape index (κ1) is 14.7. The number of aromatic hydroxyl groups is 1. The van der Waals surface area contributed by atoms with Crippen molar-refractivity contribution in [2.45, 2.75) is 19.8 Å². The topological polar surface area (TPSA) is 45.6 Å². The molecule has 1 aliphatic rings. The van der Waals surface area contributed by atoms with Gasteiger partial charge in [0.2, 0.25) is 0 Å². The summed E-state index contributed by atoms with van der Waals surface area (Å²) in [6, 6.07) is 11.5. The molecule has 1 saturated heterocycles. The number of hydrogen-bond acceptors (Lipinski definition) is 4. The van der Waals surface area contributed by atoms with E-state index >= 15 is 0 Å². The highest BCUT2D eigenvalue weighted by atomic mass is 16.5. The minimum Gasteiger partial charge on any atom is -0.508 e. The monoisotopic (exact) mass is 298 g/mol. The maximum atomic E-state index is 9.36. The molecule has 1 N–H and O–H groups in total. The zero-order chi connectivity index (χ0) is 15.5. The molecule has 1 aliphatic heterocycles. The summed E-state index contributed by atoms with van der Waals surface area (Å²) in [4.78, 5) is 6.96. The first-order valence-corrected chi connectivity index (χ1v) is 7.70. The van der Waals surface area contributed by atoms with Crippen molar-refractivity contribution in [1.82, 2.24) is 4.98 Å². The first-order valence-electron chi connectivity index (χ1n) is 7.70. The third kappa shape index (κ3) is 3.16. The summed E-state index contributed by atoms with van der Waals surface area (Å²) >= 11 is 0. The Morgan fingerprint density at radius 1 is 1.23 bits per heavy atom. The number of methoxy groups -OCH3 is 1. The lowest BCUT2D eigenvalue weighted by molar-refractivity contribution is 0.412. The quantitative estimate of drug-likeness (QED) is 0.941. The Labute approximate surface area is 131 Å². The molecule has 0 radical (unpaired) electrons. The van der Waals surface area contributed by atoms with E-state index < -0.39 is 0 Å². The van der Waals surface area contributed by atoms with Crippen LogP contribution in [0.4, 0.5) is 5.82 Å². The molecule has 2 aromatic rings. The molecule has 0 spiro atoms. The van der Waals surface area contributed by atoms with Gasteiger partial charge in [-0.05, 0) is 55.5 Å². The fraction of sp³-hybridized carbons (Fsp3) is 0.389. The first-order chi connectivity index (χ1) is 10.7. The summed E-state index contributed by atoms with van der Waals surface area (Å²) in [7, 11) is 1.69. The molecule has 1 aromatic heterocycles. The van der Waals surface area contributed by atoms with Crippen LogP contribution in [0.25, 0.3) is 0 Å². The largest absolute Gasteiger partial charge is 0.508 e. The van der Waals surface area contributed by atoms with Crippen LogP contribution in [0.2, 0.25) is 0 Å². The van der Waals surface area contributed by atoms with Gasteiger partial charge >= 0.3 is 0 Å². The van der Waals surface area contributed by atoms with Gasteiger partial charge < -0.3 is 14.7 Å². The molecule has 22 heavy (non-hydrogen) atoms. The number of aromatic nitrogens is 1. The molecule has 116 valence electrons. The third-order valence-corrected chi connectivity index (χ3v) is 4.24. The molecule has 0 saturated carbocycles. The predicted octanol–water partition coefficient (Wildman–Crippen LogP) is 3.17. The van der Waals surface area contributed by atoms with Crippen molar-refractivity contribution in [3.05, 3.63) is 47.7 Å². The molecule has 1 fully saturated rings. The van der Waals surface area contributed by atoms with Gasteiger partial charge in [-0.2, -0.15) is 0 Å². The van der Waals surface area contributed by atoms with Crippen LogP contribution < -0.4 is 9.64 Å². The van der Waals surface area contributed by atoms with Gasteiger partial charge in [0.05, 0.1) is 7.11 Å². The van der Waals surface area contributed by atoms with Crippen molar-refractivity contribution in [3.8, 4) is 11.5 Å². The maximum Gasteiger partial charge on any atom is 0.171 e. The number of phenolic OH excluding ortho intramolecular Hbond substituents is 1. The van der Waals surface area contributed by atoms with Gasteiger partial charge in [-0.25, -0.2) is 4.98 Å². The second-order valence-corrected chi connectivity index (χ2v) is 5.95. The van der Waals surface area contributed by atoms with Gasteiger partial charge in [0.25, 0.3) is 0 Å². The second-order valence-electron chi connectivity index (χ2n) is 5.95. The van der Waals surface area contributed by atoms with Crippen LogP contribution in [0, 0.1) is 12.8 Å². The van der Waals surface area contributed by atoms with Crippen LogP contribution in [-0.4, -0.2) is 30.3 Å². The van der Waals surface area contributed by atoms with E-state index in [0.717, 1.165) is 43.2 Å². The summed E-state index contributed by atoms with van der Waals surface area (Å²) in [5.74, 6) is 2.73. The highest BCUT2D eigenvalue weighted by molar-refractivity contribution is 5.53. The van der Waals surface area contributed by atoms with Crippen LogP contribution in [0.5, 0.6) is 11.5 Å². The van der Waals surface area contributed by atoms with Crippen molar-refractivity contribution in [2.24, 2.45) is 5.92 Å². The Morgan fingerprint density at radius 3 is 2.73 bits per heavy atom. The number of aryl methyl sites for hydroxylation is 1. The van der Waals surface area contributed by atoms with E-state index in [1.807, 2.05) is 31.2 Å². The summed E-state index contributed by atoms with van der Waals surface area (Å²) in [5.41, 5.74) is 2.28. The predicted molar refractivity (Wildman–Crippen MR) is 87.7 cm³/mol. The van der Waals surface area contributed by atoms with Crippen molar-refractivity contribution in [1.29, 1.82) is 0 Å². The maximum absolute atomic E-state index is 9.36. The average molecular weight is 298 g/mol. The number of benzene rings is 1. The van der Waals surface area contributed by atoms with Crippen LogP contribution in [0.1, 0.15) is 17.7 Å². The minimum atomic E-state index is 0.325. The van der Waals surface area contributed by atoms with Crippen LogP contribution in [-0.2, 0) is 6.42 Å². The zero-order valence-corrected chi connectivity index (χ0v) is 13.1.